The number of benzene rings is 1. The van der Waals surface area contributed by atoms with Crippen LogP contribution in [0.2, 0.25) is 0 Å². The van der Waals surface area contributed by atoms with Gasteiger partial charge in [0.05, 0.1) is 11.9 Å². The molecule has 2 aromatic rings. The number of carbonyl (C=O) groups is 1. The fourth-order valence-electron chi connectivity index (χ4n) is 1.68. The highest BCUT2D eigenvalue weighted by atomic mass is 16.1. The van der Waals surface area contributed by atoms with Crippen LogP contribution in [0.3, 0.4) is 0 Å². The van der Waals surface area contributed by atoms with E-state index in [0.29, 0.717) is 11.6 Å². The number of hydrogen-bond donors (Lipinski definition) is 0. The lowest BCUT2D eigenvalue weighted by Gasteiger charge is -2.12. The van der Waals surface area contributed by atoms with Gasteiger partial charge in [-0.1, -0.05) is 37.3 Å². The Morgan fingerprint density at radius 3 is 2.75 bits per heavy atom. The van der Waals surface area contributed by atoms with Gasteiger partial charge in [-0.15, -0.1) is 5.10 Å². The predicted octanol–water partition coefficient (Wildman–Crippen LogP) is 2.20. The molecule has 0 bridgehead atoms. The van der Waals surface area contributed by atoms with Gasteiger partial charge in [-0.3, -0.25) is 4.79 Å². The molecule has 4 heteroatoms. The van der Waals surface area contributed by atoms with Gasteiger partial charge in [0.1, 0.15) is 5.69 Å². The first-order chi connectivity index (χ1) is 7.74. The van der Waals surface area contributed by atoms with Crippen molar-refractivity contribution in [1.29, 1.82) is 0 Å². The minimum absolute atomic E-state index is 0.375. The standard InChI is InChI=1S/C12H13N3O/c1-9(2)11-5-3-4-6-12(11)15-10(8-16)7-13-14-15/h3-9H,1-2H3. The van der Waals surface area contributed by atoms with E-state index in [1.165, 1.54) is 6.20 Å². The number of rotatable bonds is 3. The SMILES string of the molecule is CC(C)c1ccccc1-n1nncc1C=O. The fourth-order valence-corrected chi connectivity index (χ4v) is 1.68. The van der Waals surface area contributed by atoms with E-state index < -0.39 is 0 Å². The van der Waals surface area contributed by atoms with Crippen LogP contribution in [0.25, 0.3) is 5.69 Å². The topological polar surface area (TPSA) is 47.8 Å². The summed E-state index contributed by atoms with van der Waals surface area (Å²) in [5.41, 5.74) is 2.53. The lowest BCUT2D eigenvalue weighted by atomic mass is 10.0. The first-order valence-electron chi connectivity index (χ1n) is 5.19. The summed E-state index contributed by atoms with van der Waals surface area (Å²) in [4.78, 5) is 10.8. The van der Waals surface area contributed by atoms with Gasteiger partial charge in [0.25, 0.3) is 0 Å². The highest BCUT2D eigenvalue weighted by Crippen LogP contribution is 2.22. The van der Waals surface area contributed by atoms with Gasteiger partial charge in [-0.05, 0) is 17.5 Å². The van der Waals surface area contributed by atoms with Crippen LogP contribution in [0.4, 0.5) is 0 Å². The lowest BCUT2D eigenvalue weighted by molar-refractivity contribution is 0.111. The minimum atomic E-state index is 0.375. The third kappa shape index (κ3) is 1.74. The summed E-state index contributed by atoms with van der Waals surface area (Å²) >= 11 is 0. The van der Waals surface area contributed by atoms with Crippen LogP contribution in [0.15, 0.2) is 30.5 Å². The van der Waals surface area contributed by atoms with Gasteiger partial charge in [-0.2, -0.15) is 0 Å². The molecule has 16 heavy (non-hydrogen) atoms. The molecule has 0 atom stereocenters. The molecule has 0 saturated carbocycles. The third-order valence-electron chi connectivity index (χ3n) is 2.48. The second-order valence-electron chi connectivity index (χ2n) is 3.90. The Hall–Kier alpha value is -1.97. The van der Waals surface area contributed by atoms with Crippen molar-refractivity contribution in [2.45, 2.75) is 19.8 Å². The van der Waals surface area contributed by atoms with Crippen molar-refractivity contribution in [1.82, 2.24) is 15.0 Å². The minimum Gasteiger partial charge on any atom is -0.296 e. The summed E-state index contributed by atoms with van der Waals surface area (Å²) in [7, 11) is 0. The maximum Gasteiger partial charge on any atom is 0.170 e. The van der Waals surface area contributed by atoms with Crippen molar-refractivity contribution in [2.24, 2.45) is 0 Å². The van der Waals surface area contributed by atoms with E-state index in [4.69, 9.17) is 0 Å². The normalized spacial score (nSPS) is 10.7. The van der Waals surface area contributed by atoms with E-state index >= 15 is 0 Å². The fraction of sp³-hybridized carbons (Fsp3) is 0.250. The summed E-state index contributed by atoms with van der Waals surface area (Å²) < 4.78 is 1.57. The zero-order valence-electron chi connectivity index (χ0n) is 9.29. The van der Waals surface area contributed by atoms with Crippen molar-refractivity contribution in [2.75, 3.05) is 0 Å². The molecule has 0 N–H and O–H groups in total. The number of hydrogen-bond acceptors (Lipinski definition) is 3. The smallest absolute Gasteiger partial charge is 0.170 e. The van der Waals surface area contributed by atoms with Crippen LogP contribution in [-0.2, 0) is 0 Å². The number of para-hydroxylation sites is 1. The zero-order valence-corrected chi connectivity index (χ0v) is 9.29. The van der Waals surface area contributed by atoms with Gasteiger partial charge in [0.15, 0.2) is 6.29 Å². The summed E-state index contributed by atoms with van der Waals surface area (Å²) in [6.07, 6.45) is 2.22. The summed E-state index contributed by atoms with van der Waals surface area (Å²) in [6, 6.07) is 7.89. The average Bonchev–Trinajstić information content (AvgIpc) is 2.76. The number of carbonyl (C=O) groups excluding carboxylic acids is 1. The Morgan fingerprint density at radius 1 is 1.31 bits per heavy atom. The van der Waals surface area contributed by atoms with Gasteiger partial charge >= 0.3 is 0 Å². The van der Waals surface area contributed by atoms with Crippen molar-refractivity contribution in [3.8, 4) is 5.69 Å². The maximum atomic E-state index is 10.8. The van der Waals surface area contributed by atoms with Crippen LogP contribution in [0.1, 0.15) is 35.8 Å². The van der Waals surface area contributed by atoms with Gasteiger partial charge in [0, 0.05) is 0 Å². The molecule has 0 amide bonds. The molecule has 1 aromatic carbocycles. The predicted molar refractivity (Wildman–Crippen MR) is 60.8 cm³/mol. The molecule has 0 radical (unpaired) electrons. The molecule has 2 rings (SSSR count). The molecular weight excluding hydrogens is 202 g/mol. The molecule has 0 spiro atoms. The molecule has 0 aliphatic rings. The van der Waals surface area contributed by atoms with Crippen LogP contribution in [0.5, 0.6) is 0 Å². The van der Waals surface area contributed by atoms with Crippen molar-refractivity contribution in [3.05, 3.63) is 41.7 Å². The van der Waals surface area contributed by atoms with E-state index in [1.807, 2.05) is 24.3 Å². The van der Waals surface area contributed by atoms with Crippen LogP contribution < -0.4 is 0 Å². The second kappa shape index (κ2) is 4.26. The van der Waals surface area contributed by atoms with Gasteiger partial charge in [-0.25, -0.2) is 4.68 Å². The Balaban J connectivity index is 2.59. The first-order valence-corrected chi connectivity index (χ1v) is 5.19. The molecule has 1 heterocycles. The molecule has 0 aliphatic carbocycles. The quantitative estimate of drug-likeness (QED) is 0.737. The summed E-state index contributed by atoms with van der Waals surface area (Å²) in [5.74, 6) is 0.375. The Kier molecular flexibility index (Phi) is 2.81. The Bertz CT molecular complexity index is 502. The van der Waals surface area contributed by atoms with Crippen molar-refractivity contribution in [3.63, 3.8) is 0 Å². The molecular formula is C12H13N3O. The third-order valence-corrected chi connectivity index (χ3v) is 2.48. The highest BCUT2D eigenvalue weighted by molar-refractivity contribution is 5.72. The van der Waals surface area contributed by atoms with Crippen LogP contribution in [0, 0.1) is 0 Å². The highest BCUT2D eigenvalue weighted by Gasteiger charge is 2.11. The van der Waals surface area contributed by atoms with Crippen molar-refractivity contribution < 1.29 is 4.79 Å². The Morgan fingerprint density at radius 2 is 2.06 bits per heavy atom. The average molecular weight is 215 g/mol. The van der Waals surface area contributed by atoms with E-state index in [0.717, 1.165) is 17.5 Å². The molecule has 0 saturated heterocycles. The summed E-state index contributed by atoms with van der Waals surface area (Å²) in [6.45, 7) is 4.21. The number of aldehydes is 1. The molecule has 82 valence electrons. The van der Waals surface area contributed by atoms with Gasteiger partial charge in [0.2, 0.25) is 0 Å². The lowest BCUT2D eigenvalue weighted by Crippen LogP contribution is -2.05. The molecule has 0 fully saturated rings. The number of aromatic nitrogens is 3. The van der Waals surface area contributed by atoms with Gasteiger partial charge < -0.3 is 0 Å². The second-order valence-corrected chi connectivity index (χ2v) is 3.90. The van der Waals surface area contributed by atoms with Crippen LogP contribution in [-0.4, -0.2) is 21.3 Å². The zero-order chi connectivity index (χ0) is 11.5. The van der Waals surface area contributed by atoms with Crippen LogP contribution >= 0.6 is 0 Å². The molecule has 0 aliphatic heterocycles. The largest absolute Gasteiger partial charge is 0.296 e. The van der Waals surface area contributed by atoms with Crippen molar-refractivity contribution >= 4 is 6.29 Å². The number of nitrogens with zero attached hydrogens (tertiary/aromatic N) is 3. The van der Waals surface area contributed by atoms with E-state index in [-0.39, 0.29) is 0 Å². The molecule has 0 unspecified atom stereocenters. The maximum absolute atomic E-state index is 10.8. The van der Waals surface area contributed by atoms with E-state index in [9.17, 15) is 4.79 Å². The monoisotopic (exact) mass is 215 g/mol. The van der Waals surface area contributed by atoms with E-state index in [1.54, 1.807) is 4.68 Å². The Labute approximate surface area is 93.9 Å². The first kappa shape index (κ1) is 10.5. The van der Waals surface area contributed by atoms with E-state index in [2.05, 4.69) is 24.2 Å². The molecule has 1 aromatic heterocycles. The summed E-state index contributed by atoms with van der Waals surface area (Å²) in [5, 5.41) is 7.69. The molecule has 4 nitrogen and oxygen atoms in total.